The fourth-order valence-electron chi connectivity index (χ4n) is 1.01. The first-order chi connectivity index (χ1) is 7.26. The number of ketones is 1. The number of carbonyl (C=O) groups excluding carboxylic acids is 2. The number of nitrogens with zero attached hydrogens (tertiary/aromatic N) is 1. The number of allylic oxidation sites excluding steroid dienone is 1. The van der Waals surface area contributed by atoms with Gasteiger partial charge in [-0.3, -0.25) is 4.79 Å². The third-order valence-electron chi connectivity index (χ3n) is 1.75. The average Bonchev–Trinajstić information content (AvgIpc) is 2.11. The normalized spacial score (nSPS) is 10.8. The smallest absolute Gasteiger partial charge is 0.410 e. The molecule has 0 bridgehead atoms. The third-order valence-corrected chi connectivity index (χ3v) is 1.75. The molecular weight excluding hydrogens is 206 g/mol. The lowest BCUT2D eigenvalue weighted by Gasteiger charge is -2.24. The zero-order chi connectivity index (χ0) is 12.8. The van der Waals surface area contributed by atoms with E-state index in [1.165, 1.54) is 4.90 Å². The Labute approximate surface area is 97.3 Å². The van der Waals surface area contributed by atoms with Crippen molar-refractivity contribution in [1.82, 2.24) is 4.90 Å². The zero-order valence-corrected chi connectivity index (χ0v) is 10.6. The molecule has 0 saturated heterocycles. The van der Waals surface area contributed by atoms with E-state index in [4.69, 9.17) is 4.74 Å². The molecule has 92 valence electrons. The summed E-state index contributed by atoms with van der Waals surface area (Å²) in [6.45, 7) is 8.99. The summed E-state index contributed by atoms with van der Waals surface area (Å²) in [7, 11) is 1.56. The summed E-state index contributed by atoms with van der Waals surface area (Å²) in [5.74, 6) is 0.00765. The van der Waals surface area contributed by atoms with Gasteiger partial charge in [0.1, 0.15) is 5.60 Å². The molecule has 0 aliphatic carbocycles. The standard InChI is InChI=1S/C12H21NO3/c1-6-7-8-10(14)9-13(5)11(15)16-12(2,3)4/h6H,1,7-9H2,2-5H3. The Morgan fingerprint density at radius 2 is 1.94 bits per heavy atom. The maximum absolute atomic E-state index is 11.5. The number of rotatable bonds is 5. The Kier molecular flexibility index (Phi) is 5.78. The van der Waals surface area contributed by atoms with Crippen molar-refractivity contribution in [3.05, 3.63) is 12.7 Å². The van der Waals surface area contributed by atoms with Gasteiger partial charge in [-0.2, -0.15) is 0 Å². The van der Waals surface area contributed by atoms with Gasteiger partial charge < -0.3 is 9.64 Å². The van der Waals surface area contributed by atoms with Crippen molar-refractivity contribution in [2.45, 2.75) is 39.2 Å². The first-order valence-corrected chi connectivity index (χ1v) is 5.33. The fraction of sp³-hybridized carbons (Fsp3) is 0.667. The van der Waals surface area contributed by atoms with E-state index >= 15 is 0 Å². The minimum atomic E-state index is -0.532. The molecule has 0 spiro atoms. The van der Waals surface area contributed by atoms with Crippen LogP contribution in [0.3, 0.4) is 0 Å². The van der Waals surface area contributed by atoms with Gasteiger partial charge in [-0.25, -0.2) is 4.79 Å². The molecule has 16 heavy (non-hydrogen) atoms. The van der Waals surface area contributed by atoms with Crippen molar-refractivity contribution in [3.63, 3.8) is 0 Å². The van der Waals surface area contributed by atoms with Crippen molar-refractivity contribution >= 4 is 11.9 Å². The Morgan fingerprint density at radius 3 is 2.38 bits per heavy atom. The maximum atomic E-state index is 11.5. The Hall–Kier alpha value is -1.32. The van der Waals surface area contributed by atoms with Crippen LogP contribution in [0.5, 0.6) is 0 Å². The molecule has 0 radical (unpaired) electrons. The van der Waals surface area contributed by atoms with E-state index in [2.05, 4.69) is 6.58 Å². The van der Waals surface area contributed by atoms with E-state index in [1.807, 2.05) is 0 Å². The van der Waals surface area contributed by atoms with E-state index in [9.17, 15) is 9.59 Å². The molecule has 0 N–H and O–H groups in total. The minimum Gasteiger partial charge on any atom is -0.444 e. The molecule has 0 atom stereocenters. The Balaban J connectivity index is 4.05. The highest BCUT2D eigenvalue weighted by atomic mass is 16.6. The molecule has 0 aliphatic heterocycles. The Morgan fingerprint density at radius 1 is 1.38 bits per heavy atom. The SMILES string of the molecule is C=CCCC(=O)CN(C)C(=O)OC(C)(C)C. The van der Waals surface area contributed by atoms with Gasteiger partial charge in [-0.1, -0.05) is 6.08 Å². The van der Waals surface area contributed by atoms with Crippen LogP contribution in [0, 0.1) is 0 Å². The molecule has 0 rings (SSSR count). The number of hydrogen-bond acceptors (Lipinski definition) is 3. The summed E-state index contributed by atoms with van der Waals surface area (Å²) in [6, 6.07) is 0. The van der Waals surface area contributed by atoms with Crippen LogP contribution in [-0.4, -0.2) is 36.0 Å². The second-order valence-corrected chi connectivity index (χ2v) is 4.70. The van der Waals surface area contributed by atoms with Crippen LogP contribution >= 0.6 is 0 Å². The van der Waals surface area contributed by atoms with E-state index < -0.39 is 11.7 Å². The van der Waals surface area contributed by atoms with Crippen LogP contribution in [0.4, 0.5) is 4.79 Å². The first-order valence-electron chi connectivity index (χ1n) is 5.33. The van der Waals surface area contributed by atoms with E-state index in [0.29, 0.717) is 12.8 Å². The maximum Gasteiger partial charge on any atom is 0.410 e. The lowest BCUT2D eigenvalue weighted by molar-refractivity contribution is -0.119. The molecular formula is C12H21NO3. The van der Waals surface area contributed by atoms with Gasteiger partial charge in [0, 0.05) is 13.5 Å². The third kappa shape index (κ3) is 7.04. The molecule has 0 aromatic carbocycles. The summed E-state index contributed by atoms with van der Waals surface area (Å²) in [5.41, 5.74) is -0.532. The average molecular weight is 227 g/mol. The van der Waals surface area contributed by atoms with Gasteiger partial charge in [0.05, 0.1) is 6.54 Å². The molecule has 0 aliphatic rings. The summed E-state index contributed by atoms with van der Waals surface area (Å²) < 4.78 is 5.12. The predicted molar refractivity (Wildman–Crippen MR) is 63.3 cm³/mol. The molecule has 0 saturated carbocycles. The van der Waals surface area contributed by atoms with Crippen molar-refractivity contribution in [2.75, 3.05) is 13.6 Å². The first kappa shape index (κ1) is 14.7. The lowest BCUT2D eigenvalue weighted by atomic mass is 10.2. The number of amides is 1. The minimum absolute atomic E-state index is 0.00765. The zero-order valence-electron chi connectivity index (χ0n) is 10.6. The van der Waals surface area contributed by atoms with Crippen LogP contribution in [0.15, 0.2) is 12.7 Å². The molecule has 1 amide bonds. The number of likely N-dealkylation sites (N-methyl/N-ethyl adjacent to an activating group) is 1. The van der Waals surface area contributed by atoms with Gasteiger partial charge in [0.2, 0.25) is 0 Å². The van der Waals surface area contributed by atoms with Crippen LogP contribution < -0.4 is 0 Å². The highest BCUT2D eigenvalue weighted by molar-refractivity contribution is 5.84. The van der Waals surface area contributed by atoms with E-state index in [1.54, 1.807) is 33.9 Å². The van der Waals surface area contributed by atoms with Crippen molar-refractivity contribution in [2.24, 2.45) is 0 Å². The second-order valence-electron chi connectivity index (χ2n) is 4.70. The van der Waals surface area contributed by atoms with Crippen molar-refractivity contribution in [3.8, 4) is 0 Å². The number of carbonyl (C=O) groups is 2. The molecule has 0 unspecified atom stereocenters. The topological polar surface area (TPSA) is 46.6 Å². The summed E-state index contributed by atoms with van der Waals surface area (Å²) in [5, 5.41) is 0. The largest absolute Gasteiger partial charge is 0.444 e. The fourth-order valence-corrected chi connectivity index (χ4v) is 1.01. The van der Waals surface area contributed by atoms with E-state index in [-0.39, 0.29) is 12.3 Å². The van der Waals surface area contributed by atoms with Gasteiger partial charge in [0.15, 0.2) is 5.78 Å². The van der Waals surface area contributed by atoms with Crippen molar-refractivity contribution in [1.29, 1.82) is 0 Å². The van der Waals surface area contributed by atoms with Crippen LogP contribution in [-0.2, 0) is 9.53 Å². The summed E-state index contributed by atoms with van der Waals surface area (Å²) in [4.78, 5) is 24.2. The number of Topliss-reactive ketones (excluding diaryl/α,β-unsaturated/α-hetero) is 1. The van der Waals surface area contributed by atoms with Crippen molar-refractivity contribution < 1.29 is 14.3 Å². The lowest BCUT2D eigenvalue weighted by Crippen LogP contribution is -2.37. The molecule has 0 fully saturated rings. The quantitative estimate of drug-likeness (QED) is 0.677. The van der Waals surface area contributed by atoms with Crippen LogP contribution in [0.1, 0.15) is 33.6 Å². The predicted octanol–water partition coefficient (Wildman–Crippen LogP) is 2.39. The molecule has 4 heteroatoms. The van der Waals surface area contributed by atoms with Crippen LogP contribution in [0.25, 0.3) is 0 Å². The number of hydrogen-bond donors (Lipinski definition) is 0. The molecule has 0 heterocycles. The highest BCUT2D eigenvalue weighted by Crippen LogP contribution is 2.09. The monoisotopic (exact) mass is 227 g/mol. The van der Waals surface area contributed by atoms with Gasteiger partial charge in [-0.15, -0.1) is 6.58 Å². The highest BCUT2D eigenvalue weighted by Gasteiger charge is 2.20. The summed E-state index contributed by atoms with van der Waals surface area (Å²) in [6.07, 6.45) is 2.27. The van der Waals surface area contributed by atoms with E-state index in [0.717, 1.165) is 0 Å². The molecule has 0 aromatic rings. The second kappa shape index (κ2) is 6.30. The molecule has 0 aromatic heterocycles. The number of ether oxygens (including phenoxy) is 1. The van der Waals surface area contributed by atoms with Gasteiger partial charge >= 0.3 is 6.09 Å². The molecule has 4 nitrogen and oxygen atoms in total. The summed E-state index contributed by atoms with van der Waals surface area (Å²) >= 11 is 0. The van der Waals surface area contributed by atoms with Gasteiger partial charge in [0.25, 0.3) is 0 Å². The van der Waals surface area contributed by atoms with Gasteiger partial charge in [-0.05, 0) is 27.2 Å². The Bertz CT molecular complexity index is 266. The van der Waals surface area contributed by atoms with Crippen LogP contribution in [0.2, 0.25) is 0 Å².